The monoisotopic (exact) mass is 547 g/mol. The van der Waals surface area contributed by atoms with E-state index < -0.39 is 17.6 Å². The molecule has 206 valence electrons. The number of nitrogens with one attached hydrogen (secondary N) is 2. The molecule has 14 heteroatoms. The molecule has 1 saturated heterocycles. The molecule has 1 amide bonds. The molecule has 0 radical (unpaired) electrons. The maximum absolute atomic E-state index is 14.6. The number of alkyl halides is 3. The Morgan fingerprint density at radius 3 is 2.62 bits per heavy atom. The molecule has 0 saturated carbocycles. The molecule has 0 atom stereocenters. The van der Waals surface area contributed by atoms with Gasteiger partial charge in [0.05, 0.1) is 25.0 Å². The first-order valence-electron chi connectivity index (χ1n) is 12.3. The average Bonchev–Trinajstić information content (AvgIpc) is 2.92. The lowest BCUT2D eigenvalue weighted by molar-refractivity contribution is -0.137. The Morgan fingerprint density at radius 2 is 1.87 bits per heavy atom. The number of anilines is 6. The molecule has 3 aromatic rings. The normalized spacial score (nSPS) is 15.6. The lowest BCUT2D eigenvalue weighted by atomic mass is 10.1. The van der Waals surface area contributed by atoms with Crippen molar-refractivity contribution in [3.8, 4) is 5.75 Å². The second kappa shape index (κ2) is 10.9. The molecule has 2 N–H and O–H groups in total. The lowest BCUT2D eigenvalue weighted by Gasteiger charge is -2.31. The molecule has 1 aromatic carbocycles. The zero-order valence-corrected chi connectivity index (χ0v) is 20.9. The second-order valence-electron chi connectivity index (χ2n) is 8.82. The number of rotatable bonds is 7. The summed E-state index contributed by atoms with van der Waals surface area (Å²) in [7, 11) is 0. The van der Waals surface area contributed by atoms with E-state index in [1.165, 1.54) is 23.1 Å². The molecule has 10 nitrogen and oxygen atoms in total. The fourth-order valence-electron chi connectivity index (χ4n) is 4.29. The Hall–Kier alpha value is -4.20. The van der Waals surface area contributed by atoms with Crippen molar-refractivity contribution in [1.29, 1.82) is 0 Å². The van der Waals surface area contributed by atoms with E-state index in [1.807, 2.05) is 6.92 Å². The zero-order valence-electron chi connectivity index (χ0n) is 20.9. The Morgan fingerprint density at radius 1 is 1.08 bits per heavy atom. The van der Waals surface area contributed by atoms with Gasteiger partial charge in [-0.25, -0.2) is 14.4 Å². The van der Waals surface area contributed by atoms with Crippen molar-refractivity contribution in [2.75, 3.05) is 59.9 Å². The number of fused-ring (bicyclic) bond motifs is 1. The number of aromatic nitrogens is 3. The van der Waals surface area contributed by atoms with Crippen molar-refractivity contribution in [1.82, 2.24) is 15.0 Å². The van der Waals surface area contributed by atoms with Crippen LogP contribution in [0.5, 0.6) is 5.75 Å². The van der Waals surface area contributed by atoms with Gasteiger partial charge in [0, 0.05) is 31.0 Å². The first-order valence-corrected chi connectivity index (χ1v) is 12.3. The van der Waals surface area contributed by atoms with Gasteiger partial charge >= 0.3 is 6.18 Å². The van der Waals surface area contributed by atoms with E-state index in [2.05, 4.69) is 25.6 Å². The Balaban J connectivity index is 1.38. The van der Waals surface area contributed by atoms with Crippen LogP contribution in [-0.2, 0) is 15.7 Å². The number of hydrogen-bond acceptors (Lipinski definition) is 9. The lowest BCUT2D eigenvalue weighted by Crippen LogP contribution is -2.39. The van der Waals surface area contributed by atoms with Gasteiger partial charge < -0.3 is 25.0 Å². The van der Waals surface area contributed by atoms with Gasteiger partial charge in [0.1, 0.15) is 5.82 Å². The molecule has 2 aromatic heterocycles. The minimum absolute atomic E-state index is 0.0526. The summed E-state index contributed by atoms with van der Waals surface area (Å²) in [6.45, 7) is 3.64. The van der Waals surface area contributed by atoms with Crippen molar-refractivity contribution in [3.05, 3.63) is 47.9 Å². The van der Waals surface area contributed by atoms with Crippen molar-refractivity contribution < 1.29 is 31.8 Å². The molecule has 1 fully saturated rings. The van der Waals surface area contributed by atoms with Crippen LogP contribution in [0.15, 0.2) is 36.5 Å². The van der Waals surface area contributed by atoms with E-state index in [0.717, 1.165) is 12.3 Å². The van der Waals surface area contributed by atoms with Crippen LogP contribution in [0.25, 0.3) is 0 Å². The quantitative estimate of drug-likeness (QED) is 0.414. The summed E-state index contributed by atoms with van der Waals surface area (Å²) in [4.78, 5) is 27.7. The number of halogens is 4. The van der Waals surface area contributed by atoms with Gasteiger partial charge in [0.2, 0.25) is 5.95 Å². The van der Waals surface area contributed by atoms with E-state index >= 15 is 0 Å². The predicted octanol–water partition coefficient (Wildman–Crippen LogP) is 4.49. The molecule has 0 aliphatic carbocycles. The smallest absolute Gasteiger partial charge is 0.418 e. The minimum Gasteiger partial charge on any atom is -0.480 e. The van der Waals surface area contributed by atoms with Crippen molar-refractivity contribution in [2.45, 2.75) is 19.5 Å². The van der Waals surface area contributed by atoms with Gasteiger partial charge in [0.15, 0.2) is 29.8 Å². The van der Waals surface area contributed by atoms with Crippen LogP contribution in [0.4, 0.5) is 52.3 Å². The number of ether oxygens (including phenoxy) is 2. The highest BCUT2D eigenvalue weighted by molar-refractivity contribution is 5.96. The Bertz CT molecular complexity index is 1370. The molecule has 5 rings (SSSR count). The summed E-state index contributed by atoms with van der Waals surface area (Å²) >= 11 is 0. The molecule has 4 heterocycles. The van der Waals surface area contributed by atoms with Crippen LogP contribution in [0, 0.1) is 5.82 Å². The standard InChI is InChI=1S/C25H25F4N7O3/c1-2-7-36-21(37)14-39-19-5-6-20(33-23(19)36)32-22-17(26)13-30-24(34-22)31-15-3-4-18(16(12-15)25(27,28)29)35-8-10-38-11-9-35/h3-6,12-13H,2,7-11,14H2,1H3,(H2,30,31,32,33,34). The van der Waals surface area contributed by atoms with Crippen LogP contribution < -0.4 is 25.2 Å². The summed E-state index contributed by atoms with van der Waals surface area (Å²) in [5.41, 5.74) is -0.687. The number of carbonyl (C=O) groups is 1. The molecule has 0 spiro atoms. The first-order chi connectivity index (χ1) is 18.7. The fourth-order valence-corrected chi connectivity index (χ4v) is 4.29. The van der Waals surface area contributed by atoms with Gasteiger partial charge in [-0.15, -0.1) is 0 Å². The molecule has 2 aliphatic heterocycles. The van der Waals surface area contributed by atoms with Gasteiger partial charge in [0.25, 0.3) is 5.91 Å². The van der Waals surface area contributed by atoms with Gasteiger partial charge in [-0.05, 0) is 36.8 Å². The highest BCUT2D eigenvalue weighted by Gasteiger charge is 2.35. The number of hydrogen-bond donors (Lipinski definition) is 2. The summed E-state index contributed by atoms with van der Waals surface area (Å²) in [6, 6.07) is 6.96. The fraction of sp³-hybridized carbons (Fsp3) is 0.360. The van der Waals surface area contributed by atoms with Crippen molar-refractivity contribution >= 4 is 40.7 Å². The maximum Gasteiger partial charge on any atom is 0.418 e. The third kappa shape index (κ3) is 5.79. The number of morpholine rings is 1. The summed E-state index contributed by atoms with van der Waals surface area (Å²) in [6.07, 6.45) is -3.01. The van der Waals surface area contributed by atoms with Crippen LogP contribution in [0.2, 0.25) is 0 Å². The highest BCUT2D eigenvalue weighted by Crippen LogP contribution is 2.39. The average molecular weight is 548 g/mol. The van der Waals surface area contributed by atoms with Crippen LogP contribution in [-0.4, -0.2) is 60.3 Å². The first kappa shape index (κ1) is 26.4. The number of nitrogens with zero attached hydrogens (tertiary/aromatic N) is 5. The maximum atomic E-state index is 14.6. The molecular weight excluding hydrogens is 522 g/mol. The van der Waals surface area contributed by atoms with Crippen LogP contribution in [0.1, 0.15) is 18.9 Å². The third-order valence-electron chi connectivity index (χ3n) is 6.09. The van der Waals surface area contributed by atoms with E-state index in [1.54, 1.807) is 11.0 Å². The molecule has 0 bridgehead atoms. The van der Waals surface area contributed by atoms with Crippen molar-refractivity contribution in [3.63, 3.8) is 0 Å². The van der Waals surface area contributed by atoms with Crippen molar-refractivity contribution in [2.24, 2.45) is 0 Å². The number of amides is 1. The summed E-state index contributed by atoms with van der Waals surface area (Å²) < 4.78 is 66.9. The molecular formula is C25H25F4N7O3. The van der Waals surface area contributed by atoms with E-state index in [-0.39, 0.29) is 41.5 Å². The SMILES string of the molecule is CCCN1C(=O)COc2ccc(Nc3nc(Nc4ccc(N5CCOCC5)c(C(F)(F)F)c4)ncc3F)nc21. The molecule has 2 aliphatic rings. The summed E-state index contributed by atoms with van der Waals surface area (Å²) in [5.74, 6) is -0.540. The second-order valence-corrected chi connectivity index (χ2v) is 8.82. The van der Waals surface area contributed by atoms with Crippen LogP contribution >= 0.6 is 0 Å². The minimum atomic E-state index is -4.60. The molecule has 0 unspecified atom stereocenters. The molecule has 39 heavy (non-hydrogen) atoms. The third-order valence-corrected chi connectivity index (χ3v) is 6.09. The van der Waals surface area contributed by atoms with Gasteiger partial charge in [-0.1, -0.05) is 6.92 Å². The van der Waals surface area contributed by atoms with Gasteiger partial charge in [-0.2, -0.15) is 18.2 Å². The van der Waals surface area contributed by atoms with Gasteiger partial charge in [-0.3, -0.25) is 9.69 Å². The zero-order chi connectivity index (χ0) is 27.6. The Labute approximate surface area is 221 Å². The number of carbonyl (C=O) groups excluding carboxylic acids is 1. The predicted molar refractivity (Wildman–Crippen MR) is 135 cm³/mol. The summed E-state index contributed by atoms with van der Waals surface area (Å²) in [5, 5.41) is 5.46. The van der Waals surface area contributed by atoms with Crippen LogP contribution in [0.3, 0.4) is 0 Å². The Kier molecular flexibility index (Phi) is 7.37. The van der Waals surface area contributed by atoms with E-state index in [9.17, 15) is 22.4 Å². The number of benzene rings is 1. The van der Waals surface area contributed by atoms with E-state index in [0.29, 0.717) is 50.8 Å². The highest BCUT2D eigenvalue weighted by atomic mass is 19.4. The largest absolute Gasteiger partial charge is 0.480 e. The number of pyridine rings is 1. The van der Waals surface area contributed by atoms with E-state index in [4.69, 9.17) is 9.47 Å². The topological polar surface area (TPSA) is 105 Å².